The Hall–Kier alpha value is -0.290. The molecule has 2 aliphatic heterocycles. The quantitative estimate of drug-likeness (QED) is 0.571. The smallest absolute Gasteiger partial charge is 0.380 e. The third kappa shape index (κ3) is 0.781. The number of hydrogen-bond donors (Lipinski definition) is 2. The number of piperidine rings is 2. The van der Waals surface area contributed by atoms with E-state index in [1.807, 2.05) is 0 Å². The van der Waals surface area contributed by atoms with Crippen molar-refractivity contribution in [3.63, 3.8) is 0 Å². The molecule has 70 valence electrons. The minimum absolute atomic E-state index is 0.284. The zero-order valence-electron chi connectivity index (χ0n) is 6.36. The largest absolute Gasteiger partial charge is 0.417 e. The Bertz CT molecular complexity index is 189. The minimum atomic E-state index is -4.46. The highest BCUT2D eigenvalue weighted by atomic mass is 19.4. The first-order valence-corrected chi connectivity index (χ1v) is 3.96. The molecular formula is C7H10F3NO. The molecule has 2 bridgehead atoms. The van der Waals surface area contributed by atoms with Crippen molar-refractivity contribution in [2.24, 2.45) is 11.8 Å². The van der Waals surface area contributed by atoms with E-state index in [0.717, 1.165) is 0 Å². The number of fused-ring (bicyclic) bond motifs is 2. The van der Waals surface area contributed by atoms with Crippen LogP contribution in [0.4, 0.5) is 13.2 Å². The highest BCUT2D eigenvalue weighted by Gasteiger charge is 2.70. The average Bonchev–Trinajstić information content (AvgIpc) is 2.02. The van der Waals surface area contributed by atoms with Crippen LogP contribution in [0.5, 0.6) is 0 Å². The number of alkyl halides is 3. The summed E-state index contributed by atoms with van der Waals surface area (Å²) in [4.78, 5) is 0. The molecule has 0 aromatic carbocycles. The van der Waals surface area contributed by atoms with Crippen LogP contribution in [-0.4, -0.2) is 30.0 Å². The number of aliphatic hydroxyl groups is 1. The van der Waals surface area contributed by atoms with Crippen molar-refractivity contribution in [2.75, 3.05) is 13.1 Å². The van der Waals surface area contributed by atoms with Crippen LogP contribution in [0.1, 0.15) is 6.42 Å². The Morgan fingerprint density at radius 2 is 1.75 bits per heavy atom. The van der Waals surface area contributed by atoms with E-state index in [1.165, 1.54) is 0 Å². The predicted octanol–water partition coefficient (Wildman–Crippen LogP) is 0.519. The molecule has 2 saturated heterocycles. The Kier molecular flexibility index (Phi) is 1.48. The maximum Gasteiger partial charge on any atom is 0.417 e. The molecule has 2 heterocycles. The van der Waals surface area contributed by atoms with E-state index in [9.17, 15) is 18.3 Å². The van der Waals surface area contributed by atoms with Gasteiger partial charge in [-0.2, -0.15) is 13.2 Å². The monoisotopic (exact) mass is 181 g/mol. The van der Waals surface area contributed by atoms with Gasteiger partial charge in [-0.15, -0.1) is 0 Å². The maximum atomic E-state index is 12.3. The molecule has 3 rings (SSSR count). The standard InChI is InChI=1S/C7H10F3NO/c8-7(9,10)6(12)4-1-5(6)3-11-2-4/h4-5,11-12H,1-3H2/t4-,5+,6?. The first-order chi connectivity index (χ1) is 5.46. The third-order valence-electron chi connectivity index (χ3n) is 3.05. The van der Waals surface area contributed by atoms with E-state index < -0.39 is 23.6 Å². The first-order valence-electron chi connectivity index (χ1n) is 3.96. The van der Waals surface area contributed by atoms with Crippen molar-refractivity contribution in [1.82, 2.24) is 5.32 Å². The molecule has 3 aliphatic rings. The lowest BCUT2D eigenvalue weighted by Gasteiger charge is -2.56. The molecule has 0 aromatic heterocycles. The van der Waals surface area contributed by atoms with Gasteiger partial charge in [0.2, 0.25) is 0 Å². The van der Waals surface area contributed by atoms with Gasteiger partial charge in [0.15, 0.2) is 5.60 Å². The zero-order chi connectivity index (χ0) is 8.98. The Balaban J connectivity index is 2.22. The molecule has 2 N–H and O–H groups in total. The lowest BCUT2D eigenvalue weighted by molar-refractivity contribution is -0.341. The highest BCUT2D eigenvalue weighted by Crippen LogP contribution is 2.54. The molecule has 3 atom stereocenters. The van der Waals surface area contributed by atoms with Gasteiger partial charge in [0, 0.05) is 24.9 Å². The Labute approximate surface area is 67.8 Å². The second-order valence-electron chi connectivity index (χ2n) is 3.61. The van der Waals surface area contributed by atoms with Crippen molar-refractivity contribution in [3.8, 4) is 0 Å². The minimum Gasteiger partial charge on any atom is -0.380 e. The summed E-state index contributed by atoms with van der Waals surface area (Å²) in [5.74, 6) is -1.26. The lowest BCUT2D eigenvalue weighted by atomic mass is 9.58. The van der Waals surface area contributed by atoms with Crippen LogP contribution in [0, 0.1) is 11.8 Å². The summed E-state index contributed by atoms with van der Waals surface area (Å²) in [5, 5.41) is 12.2. The summed E-state index contributed by atoms with van der Waals surface area (Å²) in [6.45, 7) is 0.568. The number of nitrogens with one attached hydrogen (secondary N) is 1. The topological polar surface area (TPSA) is 32.3 Å². The van der Waals surface area contributed by atoms with Gasteiger partial charge in [0.25, 0.3) is 0 Å². The SMILES string of the molecule is OC1(C(F)(F)F)[C@@H]2CNC[C@H]1C2. The van der Waals surface area contributed by atoms with E-state index in [0.29, 0.717) is 6.42 Å². The molecule has 3 fully saturated rings. The summed E-state index contributed by atoms with van der Waals surface area (Å²) >= 11 is 0. The van der Waals surface area contributed by atoms with Crippen LogP contribution in [-0.2, 0) is 0 Å². The van der Waals surface area contributed by atoms with E-state index >= 15 is 0 Å². The zero-order valence-corrected chi connectivity index (χ0v) is 6.36. The number of rotatable bonds is 0. The summed E-state index contributed by atoms with van der Waals surface area (Å²) < 4.78 is 37.0. The Morgan fingerprint density at radius 1 is 1.25 bits per heavy atom. The summed E-state index contributed by atoms with van der Waals surface area (Å²) in [6, 6.07) is 0. The fraction of sp³-hybridized carbons (Fsp3) is 1.00. The third-order valence-corrected chi connectivity index (χ3v) is 3.05. The fourth-order valence-corrected chi connectivity index (χ4v) is 2.25. The maximum absolute atomic E-state index is 12.3. The molecule has 0 spiro atoms. The second-order valence-corrected chi connectivity index (χ2v) is 3.61. The van der Waals surface area contributed by atoms with E-state index in [4.69, 9.17) is 0 Å². The van der Waals surface area contributed by atoms with Gasteiger partial charge in [-0.25, -0.2) is 0 Å². The van der Waals surface area contributed by atoms with Crippen LogP contribution in [0.25, 0.3) is 0 Å². The van der Waals surface area contributed by atoms with Gasteiger partial charge in [-0.3, -0.25) is 0 Å². The van der Waals surface area contributed by atoms with Crippen LogP contribution in [0.15, 0.2) is 0 Å². The number of halogens is 3. The van der Waals surface area contributed by atoms with Crippen molar-refractivity contribution in [3.05, 3.63) is 0 Å². The Morgan fingerprint density at radius 3 is 2.00 bits per heavy atom. The normalized spacial score (nSPS) is 47.0. The second kappa shape index (κ2) is 2.14. The molecule has 0 amide bonds. The highest BCUT2D eigenvalue weighted by molar-refractivity contribution is 5.11. The van der Waals surface area contributed by atoms with Crippen LogP contribution >= 0.6 is 0 Å². The van der Waals surface area contributed by atoms with Gasteiger partial charge < -0.3 is 10.4 Å². The molecular weight excluding hydrogens is 171 g/mol. The van der Waals surface area contributed by atoms with Crippen molar-refractivity contribution in [1.29, 1.82) is 0 Å². The predicted molar refractivity (Wildman–Crippen MR) is 35.5 cm³/mol. The van der Waals surface area contributed by atoms with Gasteiger partial charge >= 0.3 is 6.18 Å². The molecule has 0 radical (unpaired) electrons. The van der Waals surface area contributed by atoms with Crippen LogP contribution in [0.2, 0.25) is 0 Å². The molecule has 12 heavy (non-hydrogen) atoms. The molecule has 0 aromatic rings. The molecule has 1 unspecified atom stereocenters. The van der Waals surface area contributed by atoms with E-state index in [-0.39, 0.29) is 13.1 Å². The molecule has 2 nitrogen and oxygen atoms in total. The van der Waals surface area contributed by atoms with Gasteiger partial charge in [-0.05, 0) is 6.42 Å². The summed E-state index contributed by atoms with van der Waals surface area (Å²) in [6.07, 6.45) is -3.95. The van der Waals surface area contributed by atoms with Crippen LogP contribution < -0.4 is 5.32 Å². The van der Waals surface area contributed by atoms with Crippen molar-refractivity contribution < 1.29 is 18.3 Å². The fourth-order valence-electron chi connectivity index (χ4n) is 2.25. The van der Waals surface area contributed by atoms with Gasteiger partial charge in [-0.1, -0.05) is 0 Å². The van der Waals surface area contributed by atoms with Crippen molar-refractivity contribution >= 4 is 0 Å². The number of hydrogen-bond acceptors (Lipinski definition) is 2. The van der Waals surface area contributed by atoms with Crippen molar-refractivity contribution in [2.45, 2.75) is 18.2 Å². The summed E-state index contributed by atoms with van der Waals surface area (Å²) in [5.41, 5.74) is -2.39. The summed E-state index contributed by atoms with van der Waals surface area (Å²) in [7, 11) is 0. The molecule has 5 heteroatoms. The van der Waals surface area contributed by atoms with Crippen LogP contribution in [0.3, 0.4) is 0 Å². The van der Waals surface area contributed by atoms with Gasteiger partial charge in [0.1, 0.15) is 0 Å². The van der Waals surface area contributed by atoms with E-state index in [1.54, 1.807) is 0 Å². The lowest BCUT2D eigenvalue weighted by Crippen LogP contribution is -2.72. The average molecular weight is 181 g/mol. The van der Waals surface area contributed by atoms with Gasteiger partial charge in [0.05, 0.1) is 0 Å². The molecule has 1 saturated carbocycles. The molecule has 1 aliphatic carbocycles. The van der Waals surface area contributed by atoms with E-state index in [2.05, 4.69) is 5.32 Å². The first kappa shape index (κ1) is 8.31.